The zero-order valence-corrected chi connectivity index (χ0v) is 12.7. The molecule has 1 aromatic rings. The van der Waals surface area contributed by atoms with Crippen molar-refractivity contribution in [3.63, 3.8) is 0 Å². The van der Waals surface area contributed by atoms with Gasteiger partial charge in [-0.25, -0.2) is 4.39 Å². The number of piperidine rings is 1. The summed E-state index contributed by atoms with van der Waals surface area (Å²) in [5.74, 6) is -0.582. The van der Waals surface area contributed by atoms with Crippen molar-refractivity contribution in [3.8, 4) is 0 Å². The Kier molecular flexibility index (Phi) is 3.89. The second kappa shape index (κ2) is 5.71. The average molecular weight is 304 g/mol. The summed E-state index contributed by atoms with van der Waals surface area (Å²) in [5.41, 5.74) is 6.40. The fraction of sp³-hybridized carbons (Fsp3) is 0.529. The molecule has 118 valence electrons. The van der Waals surface area contributed by atoms with Gasteiger partial charge in [0.1, 0.15) is 5.82 Å². The normalized spacial score (nSPS) is 30.9. The molecular weight excluding hydrogens is 283 g/mol. The standard InChI is InChI=1S/C17H21FN2O2/c1-10-2-3-12(16(19)21)9-20(10)17(22)15-8-14(15)11-4-6-13(18)7-5-11/h4-7,10,12,14-15H,2-3,8-9H2,1H3,(H2,19,21)/t10-,12+,14-,15+/m1/s1. The van der Waals surface area contributed by atoms with Crippen LogP contribution in [0.4, 0.5) is 4.39 Å². The molecule has 1 heterocycles. The second-order valence-electron chi connectivity index (χ2n) is 6.52. The Hall–Kier alpha value is -1.91. The predicted molar refractivity (Wildman–Crippen MR) is 80.3 cm³/mol. The molecule has 2 aliphatic rings. The zero-order valence-electron chi connectivity index (χ0n) is 12.7. The Morgan fingerprint density at radius 2 is 1.91 bits per heavy atom. The number of amides is 2. The Labute approximate surface area is 129 Å². The van der Waals surface area contributed by atoms with E-state index >= 15 is 0 Å². The molecule has 1 saturated heterocycles. The lowest BCUT2D eigenvalue weighted by Gasteiger charge is -2.37. The molecule has 2 amide bonds. The van der Waals surface area contributed by atoms with Crippen LogP contribution in [0.5, 0.6) is 0 Å². The van der Waals surface area contributed by atoms with E-state index in [0.717, 1.165) is 24.8 Å². The van der Waals surface area contributed by atoms with Gasteiger partial charge < -0.3 is 10.6 Å². The fourth-order valence-corrected chi connectivity index (χ4v) is 3.41. The topological polar surface area (TPSA) is 63.4 Å². The minimum atomic E-state index is -0.324. The molecular formula is C17H21FN2O2. The molecule has 1 aliphatic carbocycles. The summed E-state index contributed by atoms with van der Waals surface area (Å²) in [7, 11) is 0. The molecule has 4 nitrogen and oxygen atoms in total. The summed E-state index contributed by atoms with van der Waals surface area (Å²) >= 11 is 0. The Bertz CT molecular complexity index is 587. The number of primary amides is 1. The quantitative estimate of drug-likeness (QED) is 0.929. The molecule has 1 saturated carbocycles. The van der Waals surface area contributed by atoms with E-state index in [1.807, 2.05) is 11.8 Å². The van der Waals surface area contributed by atoms with Crippen LogP contribution in [0.25, 0.3) is 0 Å². The van der Waals surface area contributed by atoms with Crippen LogP contribution in [0.2, 0.25) is 0 Å². The van der Waals surface area contributed by atoms with Crippen molar-refractivity contribution < 1.29 is 14.0 Å². The maximum atomic E-state index is 13.0. The van der Waals surface area contributed by atoms with Crippen LogP contribution < -0.4 is 5.73 Å². The van der Waals surface area contributed by atoms with E-state index < -0.39 is 0 Å². The number of nitrogens with two attached hydrogens (primary N) is 1. The van der Waals surface area contributed by atoms with E-state index in [2.05, 4.69) is 0 Å². The van der Waals surface area contributed by atoms with Gasteiger partial charge >= 0.3 is 0 Å². The fourth-order valence-electron chi connectivity index (χ4n) is 3.41. The molecule has 22 heavy (non-hydrogen) atoms. The lowest BCUT2D eigenvalue weighted by molar-refractivity contribution is -0.138. The van der Waals surface area contributed by atoms with E-state index in [-0.39, 0.29) is 41.4 Å². The van der Waals surface area contributed by atoms with E-state index in [4.69, 9.17) is 5.73 Å². The van der Waals surface area contributed by atoms with Crippen LogP contribution in [0.1, 0.15) is 37.7 Å². The first-order chi connectivity index (χ1) is 10.5. The highest BCUT2D eigenvalue weighted by Crippen LogP contribution is 2.49. The largest absolute Gasteiger partial charge is 0.369 e. The highest BCUT2D eigenvalue weighted by molar-refractivity contribution is 5.84. The number of likely N-dealkylation sites (tertiary alicyclic amines) is 1. The van der Waals surface area contributed by atoms with Crippen molar-refractivity contribution in [1.29, 1.82) is 0 Å². The van der Waals surface area contributed by atoms with Gasteiger partial charge in [0.15, 0.2) is 0 Å². The molecule has 2 N–H and O–H groups in total. The predicted octanol–water partition coefficient (Wildman–Crippen LogP) is 2.04. The first kappa shape index (κ1) is 15.0. The molecule has 0 radical (unpaired) electrons. The van der Waals surface area contributed by atoms with Gasteiger partial charge in [0.05, 0.1) is 5.92 Å². The lowest BCUT2D eigenvalue weighted by atomic mass is 9.92. The summed E-state index contributed by atoms with van der Waals surface area (Å²) in [4.78, 5) is 25.9. The molecule has 0 bridgehead atoms. The summed E-state index contributed by atoms with van der Waals surface area (Å²) in [5, 5.41) is 0. The van der Waals surface area contributed by atoms with Crippen LogP contribution in [0, 0.1) is 17.7 Å². The van der Waals surface area contributed by atoms with Crippen LogP contribution in [0.3, 0.4) is 0 Å². The SMILES string of the molecule is C[C@@H]1CC[C@H](C(N)=O)CN1C(=O)[C@H]1C[C@@H]1c1ccc(F)cc1. The van der Waals surface area contributed by atoms with Gasteiger partial charge in [0.2, 0.25) is 11.8 Å². The van der Waals surface area contributed by atoms with Crippen molar-refractivity contribution in [3.05, 3.63) is 35.6 Å². The lowest BCUT2D eigenvalue weighted by Crippen LogP contribution is -2.49. The molecule has 1 aliphatic heterocycles. The highest BCUT2D eigenvalue weighted by Gasteiger charge is 2.47. The van der Waals surface area contributed by atoms with E-state index in [1.165, 1.54) is 12.1 Å². The minimum Gasteiger partial charge on any atom is -0.369 e. The molecule has 2 fully saturated rings. The van der Waals surface area contributed by atoms with Crippen molar-refractivity contribution in [2.45, 2.75) is 38.1 Å². The first-order valence-corrected chi connectivity index (χ1v) is 7.82. The maximum Gasteiger partial charge on any atom is 0.226 e. The zero-order chi connectivity index (χ0) is 15.9. The van der Waals surface area contributed by atoms with Crippen molar-refractivity contribution in [2.24, 2.45) is 17.6 Å². The minimum absolute atomic E-state index is 0.0421. The van der Waals surface area contributed by atoms with E-state index in [1.54, 1.807) is 12.1 Å². The van der Waals surface area contributed by atoms with Gasteiger partial charge in [-0.1, -0.05) is 12.1 Å². The monoisotopic (exact) mass is 304 g/mol. The number of carbonyl (C=O) groups is 2. The molecule has 1 aromatic carbocycles. The molecule has 0 spiro atoms. The summed E-state index contributed by atoms with van der Waals surface area (Å²) < 4.78 is 13.0. The smallest absolute Gasteiger partial charge is 0.226 e. The van der Waals surface area contributed by atoms with Gasteiger partial charge in [-0.05, 0) is 49.8 Å². The molecule has 0 aromatic heterocycles. The number of rotatable bonds is 3. The van der Waals surface area contributed by atoms with E-state index in [9.17, 15) is 14.0 Å². The van der Waals surface area contributed by atoms with Crippen molar-refractivity contribution in [1.82, 2.24) is 4.90 Å². The van der Waals surface area contributed by atoms with Crippen LogP contribution >= 0.6 is 0 Å². The first-order valence-electron chi connectivity index (χ1n) is 7.82. The number of nitrogens with zero attached hydrogens (tertiary/aromatic N) is 1. The second-order valence-corrected chi connectivity index (χ2v) is 6.52. The van der Waals surface area contributed by atoms with Gasteiger partial charge in [0.25, 0.3) is 0 Å². The number of hydrogen-bond acceptors (Lipinski definition) is 2. The Morgan fingerprint density at radius 3 is 2.55 bits per heavy atom. The number of halogens is 1. The molecule has 3 rings (SSSR count). The summed E-state index contributed by atoms with van der Waals surface area (Å²) in [6, 6.07) is 6.51. The number of benzene rings is 1. The molecule has 5 heteroatoms. The Morgan fingerprint density at radius 1 is 1.23 bits per heavy atom. The van der Waals surface area contributed by atoms with Gasteiger partial charge in [-0.3, -0.25) is 9.59 Å². The van der Waals surface area contributed by atoms with Gasteiger partial charge in [0, 0.05) is 18.5 Å². The third kappa shape index (κ3) is 2.85. The van der Waals surface area contributed by atoms with Gasteiger partial charge in [-0.2, -0.15) is 0 Å². The number of hydrogen-bond donors (Lipinski definition) is 1. The van der Waals surface area contributed by atoms with Gasteiger partial charge in [-0.15, -0.1) is 0 Å². The molecule has 4 atom stereocenters. The summed E-state index contributed by atoms with van der Waals surface area (Å²) in [6.07, 6.45) is 2.37. The van der Waals surface area contributed by atoms with E-state index in [0.29, 0.717) is 6.54 Å². The van der Waals surface area contributed by atoms with Crippen LogP contribution in [-0.2, 0) is 9.59 Å². The van der Waals surface area contributed by atoms with Crippen molar-refractivity contribution >= 4 is 11.8 Å². The molecule has 0 unspecified atom stereocenters. The van der Waals surface area contributed by atoms with Crippen molar-refractivity contribution in [2.75, 3.05) is 6.54 Å². The number of carbonyl (C=O) groups excluding carboxylic acids is 2. The van der Waals surface area contributed by atoms with Crippen LogP contribution in [0.15, 0.2) is 24.3 Å². The maximum absolute atomic E-state index is 13.0. The average Bonchev–Trinajstić information content (AvgIpc) is 3.28. The third-order valence-corrected chi connectivity index (χ3v) is 4.97. The Balaban J connectivity index is 1.67. The summed E-state index contributed by atoms with van der Waals surface area (Å²) in [6.45, 7) is 2.45. The third-order valence-electron chi connectivity index (χ3n) is 4.97. The van der Waals surface area contributed by atoms with Crippen LogP contribution in [-0.4, -0.2) is 29.3 Å². The highest BCUT2D eigenvalue weighted by atomic mass is 19.1.